The van der Waals surface area contributed by atoms with Crippen LogP contribution < -0.4 is 10.2 Å². The lowest BCUT2D eigenvalue weighted by molar-refractivity contribution is 0.244. The molecule has 0 radical (unpaired) electrons. The van der Waals surface area contributed by atoms with Gasteiger partial charge in [-0.15, -0.1) is 0 Å². The molecule has 0 saturated carbocycles. The monoisotopic (exact) mass is 472 g/mol. The number of carbonyl (C=O) groups is 1. The standard InChI is InChI=1S/C27H22F2N4O2/c1-15-9-10-19(13-16(15)2)24-23(26-31-25(32-35-26)18-7-5-4-6-8-18)17(3)33(27(34)30-24)20-11-12-21(28)22(29)14-20/h4-14,24H,1-3H3,(H,30,34). The van der Waals surface area contributed by atoms with Gasteiger partial charge in [0.15, 0.2) is 11.6 Å². The fourth-order valence-corrected chi connectivity index (χ4v) is 4.19. The van der Waals surface area contributed by atoms with Gasteiger partial charge >= 0.3 is 6.03 Å². The molecule has 1 N–H and O–H groups in total. The first-order chi connectivity index (χ1) is 16.8. The van der Waals surface area contributed by atoms with Crippen LogP contribution >= 0.6 is 0 Å². The molecule has 1 aromatic heterocycles. The van der Waals surface area contributed by atoms with Gasteiger partial charge < -0.3 is 9.84 Å². The largest absolute Gasteiger partial charge is 0.334 e. The van der Waals surface area contributed by atoms with E-state index in [9.17, 15) is 13.6 Å². The van der Waals surface area contributed by atoms with Crippen molar-refractivity contribution in [2.75, 3.05) is 4.90 Å². The molecule has 2 heterocycles. The minimum absolute atomic E-state index is 0.178. The van der Waals surface area contributed by atoms with Gasteiger partial charge in [0.2, 0.25) is 5.82 Å². The third-order valence-electron chi connectivity index (χ3n) is 6.20. The summed E-state index contributed by atoms with van der Waals surface area (Å²) in [6.45, 7) is 5.72. The Hall–Kier alpha value is -4.33. The number of benzene rings is 3. The number of allylic oxidation sites excluding steroid dienone is 1. The van der Waals surface area contributed by atoms with Crippen LogP contribution in [0, 0.1) is 25.5 Å². The van der Waals surface area contributed by atoms with Gasteiger partial charge in [-0.05, 0) is 49.6 Å². The number of anilines is 1. The molecule has 1 aliphatic rings. The van der Waals surface area contributed by atoms with Crippen molar-refractivity contribution in [3.63, 3.8) is 0 Å². The zero-order chi connectivity index (χ0) is 24.7. The molecule has 0 spiro atoms. The molecule has 176 valence electrons. The number of amides is 2. The van der Waals surface area contributed by atoms with E-state index in [0.29, 0.717) is 17.1 Å². The van der Waals surface area contributed by atoms with Gasteiger partial charge in [-0.3, -0.25) is 4.90 Å². The summed E-state index contributed by atoms with van der Waals surface area (Å²) in [4.78, 5) is 19.1. The molecule has 35 heavy (non-hydrogen) atoms. The van der Waals surface area contributed by atoms with Crippen LogP contribution in [-0.4, -0.2) is 16.2 Å². The maximum atomic E-state index is 14.0. The molecule has 3 aromatic carbocycles. The van der Waals surface area contributed by atoms with Crippen molar-refractivity contribution < 1.29 is 18.1 Å². The Labute approximate surface area is 200 Å². The molecule has 0 bridgehead atoms. The molecule has 5 rings (SSSR count). The van der Waals surface area contributed by atoms with Gasteiger partial charge in [-0.1, -0.05) is 53.7 Å². The second-order valence-electron chi connectivity index (χ2n) is 8.45. The lowest BCUT2D eigenvalue weighted by Gasteiger charge is -2.35. The van der Waals surface area contributed by atoms with Gasteiger partial charge in [0.05, 0.1) is 17.3 Å². The third kappa shape index (κ3) is 4.07. The smallest absolute Gasteiger partial charge is 0.327 e. The maximum absolute atomic E-state index is 14.0. The van der Waals surface area contributed by atoms with Crippen LogP contribution in [0.25, 0.3) is 17.0 Å². The molecule has 2 amide bonds. The van der Waals surface area contributed by atoms with Crippen molar-refractivity contribution in [2.45, 2.75) is 26.8 Å². The van der Waals surface area contributed by atoms with E-state index >= 15 is 0 Å². The Morgan fingerprint density at radius 1 is 0.914 bits per heavy atom. The van der Waals surface area contributed by atoms with Crippen molar-refractivity contribution in [2.24, 2.45) is 0 Å². The number of urea groups is 1. The Balaban J connectivity index is 1.68. The van der Waals surface area contributed by atoms with Gasteiger partial charge in [0.1, 0.15) is 0 Å². The number of rotatable bonds is 4. The van der Waals surface area contributed by atoms with Crippen molar-refractivity contribution in [1.29, 1.82) is 0 Å². The minimum atomic E-state index is -1.05. The molecule has 4 aromatic rings. The van der Waals surface area contributed by atoms with Crippen LogP contribution in [0.4, 0.5) is 19.3 Å². The van der Waals surface area contributed by atoms with E-state index in [-0.39, 0.29) is 11.6 Å². The van der Waals surface area contributed by atoms with Crippen LogP contribution in [0.3, 0.4) is 0 Å². The highest BCUT2D eigenvalue weighted by molar-refractivity contribution is 6.01. The summed E-state index contributed by atoms with van der Waals surface area (Å²) in [5.74, 6) is -1.43. The van der Waals surface area contributed by atoms with E-state index in [0.717, 1.165) is 34.4 Å². The lowest BCUT2D eigenvalue weighted by atomic mass is 9.92. The Morgan fingerprint density at radius 3 is 2.40 bits per heavy atom. The van der Waals surface area contributed by atoms with Crippen LogP contribution in [0.5, 0.6) is 0 Å². The number of hydrogen-bond donors (Lipinski definition) is 1. The highest BCUT2D eigenvalue weighted by Gasteiger charge is 2.37. The number of aryl methyl sites for hydroxylation is 2. The average molecular weight is 472 g/mol. The predicted octanol–water partition coefficient (Wildman–Crippen LogP) is 6.33. The molecule has 1 unspecified atom stereocenters. The summed E-state index contributed by atoms with van der Waals surface area (Å²) in [5, 5.41) is 7.11. The molecule has 1 aliphatic heterocycles. The Bertz CT molecular complexity index is 1460. The summed E-state index contributed by atoms with van der Waals surface area (Å²) in [6, 6.07) is 17.5. The van der Waals surface area contributed by atoms with E-state index in [1.54, 1.807) is 6.92 Å². The second kappa shape index (κ2) is 8.79. The number of aromatic nitrogens is 2. The van der Waals surface area contributed by atoms with Crippen molar-refractivity contribution in [3.05, 3.63) is 107 Å². The van der Waals surface area contributed by atoms with Crippen LogP contribution in [-0.2, 0) is 0 Å². The molecule has 0 saturated heterocycles. The quantitative estimate of drug-likeness (QED) is 0.377. The molecule has 6 nitrogen and oxygen atoms in total. The average Bonchev–Trinajstić information content (AvgIpc) is 3.33. The zero-order valence-electron chi connectivity index (χ0n) is 19.3. The Kier molecular flexibility index (Phi) is 5.64. The minimum Gasteiger partial charge on any atom is -0.334 e. The summed E-state index contributed by atoms with van der Waals surface area (Å²) < 4.78 is 33.3. The van der Waals surface area contributed by atoms with Gasteiger partial charge in [-0.25, -0.2) is 13.6 Å². The van der Waals surface area contributed by atoms with Gasteiger partial charge in [0, 0.05) is 17.3 Å². The van der Waals surface area contributed by atoms with E-state index in [1.165, 1.54) is 11.0 Å². The first-order valence-electron chi connectivity index (χ1n) is 11.1. The Morgan fingerprint density at radius 2 is 1.69 bits per heavy atom. The molecule has 1 atom stereocenters. The predicted molar refractivity (Wildman–Crippen MR) is 128 cm³/mol. The number of carbonyl (C=O) groups excluding carboxylic acids is 1. The number of nitrogens with one attached hydrogen (secondary N) is 1. The number of halogens is 2. The van der Waals surface area contributed by atoms with Gasteiger partial charge in [-0.2, -0.15) is 4.98 Å². The van der Waals surface area contributed by atoms with E-state index < -0.39 is 23.7 Å². The fraction of sp³-hybridized carbons (Fsp3) is 0.148. The summed E-state index contributed by atoms with van der Waals surface area (Å²) >= 11 is 0. The van der Waals surface area contributed by atoms with E-state index in [4.69, 9.17) is 4.52 Å². The second-order valence-corrected chi connectivity index (χ2v) is 8.45. The SMILES string of the molecule is CC1=C(c2nc(-c3ccccc3)no2)C(c2ccc(C)c(C)c2)NC(=O)N1c1ccc(F)c(F)c1. The zero-order valence-corrected chi connectivity index (χ0v) is 19.3. The van der Waals surface area contributed by atoms with E-state index in [2.05, 4.69) is 15.5 Å². The maximum Gasteiger partial charge on any atom is 0.327 e. The van der Waals surface area contributed by atoms with Crippen LogP contribution in [0.1, 0.15) is 35.5 Å². The summed E-state index contributed by atoms with van der Waals surface area (Å²) in [6.07, 6.45) is 0. The number of nitrogens with zero attached hydrogens (tertiary/aromatic N) is 3. The van der Waals surface area contributed by atoms with Crippen LogP contribution in [0.2, 0.25) is 0 Å². The van der Waals surface area contributed by atoms with Gasteiger partial charge in [0.25, 0.3) is 5.89 Å². The normalized spacial score (nSPS) is 16.0. The summed E-state index contributed by atoms with van der Waals surface area (Å²) in [5.41, 5.74) is 5.00. The summed E-state index contributed by atoms with van der Waals surface area (Å²) in [7, 11) is 0. The highest BCUT2D eigenvalue weighted by Crippen LogP contribution is 2.39. The first-order valence-corrected chi connectivity index (χ1v) is 11.1. The van der Waals surface area contributed by atoms with Crippen molar-refractivity contribution in [1.82, 2.24) is 15.5 Å². The molecule has 0 aliphatic carbocycles. The first kappa shape index (κ1) is 22.5. The molecule has 8 heteroatoms. The fourth-order valence-electron chi connectivity index (χ4n) is 4.19. The molecular formula is C27H22F2N4O2. The third-order valence-corrected chi connectivity index (χ3v) is 6.20. The topological polar surface area (TPSA) is 71.3 Å². The van der Waals surface area contributed by atoms with Crippen LogP contribution in [0.15, 0.2) is 77.0 Å². The lowest BCUT2D eigenvalue weighted by Crippen LogP contribution is -2.46. The van der Waals surface area contributed by atoms with E-state index in [1.807, 2.05) is 62.4 Å². The molecule has 0 fully saturated rings. The highest BCUT2D eigenvalue weighted by atomic mass is 19.2. The number of hydrogen-bond acceptors (Lipinski definition) is 4. The molecular weight excluding hydrogens is 450 g/mol. The van der Waals surface area contributed by atoms with Crippen molar-refractivity contribution in [3.8, 4) is 11.4 Å². The van der Waals surface area contributed by atoms with Crippen molar-refractivity contribution >= 4 is 17.3 Å².